The maximum atomic E-state index is 6.10. The standard InChI is InChI=1S/C17H20ClN3/c1-17(2)14-9-19-8-11(14)10-21(17)16-5-6-20-15-7-12(18)3-4-13(15)16/h3-7,11,14,19H,8-10H2,1-2H3. The Hall–Kier alpha value is -1.32. The molecule has 2 atom stereocenters. The van der Waals surface area contributed by atoms with E-state index < -0.39 is 0 Å². The smallest absolute Gasteiger partial charge is 0.0737 e. The zero-order valence-electron chi connectivity index (χ0n) is 12.4. The Bertz CT molecular complexity index is 697. The Morgan fingerprint density at radius 2 is 2.14 bits per heavy atom. The van der Waals surface area contributed by atoms with E-state index in [1.165, 1.54) is 11.1 Å². The number of rotatable bonds is 1. The van der Waals surface area contributed by atoms with Crippen LogP contribution in [0, 0.1) is 11.8 Å². The molecule has 0 saturated carbocycles. The molecular weight excluding hydrogens is 282 g/mol. The number of nitrogens with one attached hydrogen (secondary N) is 1. The van der Waals surface area contributed by atoms with Gasteiger partial charge in [-0.15, -0.1) is 0 Å². The number of nitrogens with zero attached hydrogens (tertiary/aromatic N) is 2. The Morgan fingerprint density at radius 3 is 2.95 bits per heavy atom. The first-order valence-electron chi connectivity index (χ1n) is 7.60. The van der Waals surface area contributed by atoms with E-state index in [2.05, 4.69) is 41.2 Å². The summed E-state index contributed by atoms with van der Waals surface area (Å²) in [5, 5.41) is 5.48. The highest BCUT2D eigenvalue weighted by Crippen LogP contribution is 2.44. The predicted octanol–water partition coefficient (Wildman–Crippen LogP) is 3.32. The molecule has 3 nitrogen and oxygen atoms in total. The summed E-state index contributed by atoms with van der Waals surface area (Å²) < 4.78 is 0. The van der Waals surface area contributed by atoms with Crippen molar-refractivity contribution < 1.29 is 0 Å². The molecule has 21 heavy (non-hydrogen) atoms. The lowest BCUT2D eigenvalue weighted by molar-refractivity contribution is 0.357. The summed E-state index contributed by atoms with van der Waals surface area (Å²) >= 11 is 6.10. The first-order valence-corrected chi connectivity index (χ1v) is 7.98. The van der Waals surface area contributed by atoms with E-state index in [0.717, 1.165) is 36.1 Å². The first kappa shape index (κ1) is 13.4. The fraction of sp³-hybridized carbons (Fsp3) is 0.471. The second kappa shape index (κ2) is 4.59. The Labute approximate surface area is 130 Å². The quantitative estimate of drug-likeness (QED) is 0.876. The minimum Gasteiger partial charge on any atom is -0.365 e. The third kappa shape index (κ3) is 1.95. The minimum atomic E-state index is 0.169. The van der Waals surface area contributed by atoms with Crippen LogP contribution in [-0.2, 0) is 0 Å². The molecule has 2 aromatic rings. The van der Waals surface area contributed by atoms with Crippen molar-refractivity contribution in [3.8, 4) is 0 Å². The molecule has 4 rings (SSSR count). The van der Waals surface area contributed by atoms with Crippen molar-refractivity contribution >= 4 is 28.2 Å². The van der Waals surface area contributed by atoms with Crippen molar-refractivity contribution in [3.05, 3.63) is 35.5 Å². The van der Waals surface area contributed by atoms with Gasteiger partial charge in [0, 0.05) is 47.5 Å². The van der Waals surface area contributed by atoms with Gasteiger partial charge in [0.2, 0.25) is 0 Å². The molecular formula is C17H20ClN3. The molecule has 0 radical (unpaired) electrons. The van der Waals surface area contributed by atoms with Gasteiger partial charge in [-0.25, -0.2) is 0 Å². The van der Waals surface area contributed by atoms with Crippen molar-refractivity contribution in [2.45, 2.75) is 19.4 Å². The number of benzene rings is 1. The number of anilines is 1. The van der Waals surface area contributed by atoms with E-state index in [9.17, 15) is 0 Å². The summed E-state index contributed by atoms with van der Waals surface area (Å²) in [6.45, 7) is 8.12. The van der Waals surface area contributed by atoms with Gasteiger partial charge in [0.05, 0.1) is 5.52 Å². The van der Waals surface area contributed by atoms with Gasteiger partial charge in [-0.1, -0.05) is 11.6 Å². The summed E-state index contributed by atoms with van der Waals surface area (Å²) in [6.07, 6.45) is 1.90. The van der Waals surface area contributed by atoms with Crippen LogP contribution in [0.3, 0.4) is 0 Å². The molecule has 2 unspecified atom stereocenters. The molecule has 2 fully saturated rings. The Balaban J connectivity index is 1.84. The van der Waals surface area contributed by atoms with Crippen LogP contribution in [0.5, 0.6) is 0 Å². The summed E-state index contributed by atoms with van der Waals surface area (Å²) in [4.78, 5) is 7.04. The van der Waals surface area contributed by atoms with E-state index in [0.29, 0.717) is 5.92 Å². The molecule has 0 spiro atoms. The molecule has 4 heteroatoms. The Kier molecular flexibility index (Phi) is 2.92. The topological polar surface area (TPSA) is 28.2 Å². The molecule has 2 saturated heterocycles. The number of halogens is 1. The van der Waals surface area contributed by atoms with Crippen molar-refractivity contribution in [2.24, 2.45) is 11.8 Å². The largest absolute Gasteiger partial charge is 0.365 e. The van der Waals surface area contributed by atoms with E-state index in [1.807, 2.05) is 18.3 Å². The highest BCUT2D eigenvalue weighted by molar-refractivity contribution is 6.31. The van der Waals surface area contributed by atoms with Crippen LogP contribution >= 0.6 is 11.6 Å². The van der Waals surface area contributed by atoms with Crippen LogP contribution in [0.15, 0.2) is 30.5 Å². The number of hydrogen-bond acceptors (Lipinski definition) is 3. The van der Waals surface area contributed by atoms with Gasteiger partial charge in [0.1, 0.15) is 0 Å². The van der Waals surface area contributed by atoms with E-state index in [1.54, 1.807) is 0 Å². The number of fused-ring (bicyclic) bond motifs is 2. The maximum absolute atomic E-state index is 6.10. The molecule has 0 amide bonds. The zero-order chi connectivity index (χ0) is 14.6. The van der Waals surface area contributed by atoms with Gasteiger partial charge in [0.15, 0.2) is 0 Å². The van der Waals surface area contributed by atoms with Crippen LogP contribution in [0.2, 0.25) is 5.02 Å². The molecule has 1 aromatic carbocycles. The molecule has 2 aliphatic heterocycles. The monoisotopic (exact) mass is 301 g/mol. The highest BCUT2D eigenvalue weighted by Gasteiger charge is 2.49. The van der Waals surface area contributed by atoms with Gasteiger partial charge in [0.25, 0.3) is 0 Å². The van der Waals surface area contributed by atoms with Crippen molar-refractivity contribution in [3.63, 3.8) is 0 Å². The van der Waals surface area contributed by atoms with Gasteiger partial charge >= 0.3 is 0 Å². The van der Waals surface area contributed by atoms with Crippen LogP contribution in [0.4, 0.5) is 5.69 Å². The molecule has 1 N–H and O–H groups in total. The van der Waals surface area contributed by atoms with Gasteiger partial charge in [-0.05, 0) is 49.9 Å². The van der Waals surface area contributed by atoms with E-state index >= 15 is 0 Å². The summed E-state index contributed by atoms with van der Waals surface area (Å²) in [5.74, 6) is 1.46. The third-order valence-corrected chi connectivity index (χ3v) is 5.57. The van der Waals surface area contributed by atoms with Crippen LogP contribution in [0.25, 0.3) is 10.9 Å². The highest BCUT2D eigenvalue weighted by atomic mass is 35.5. The van der Waals surface area contributed by atoms with Crippen LogP contribution in [-0.4, -0.2) is 30.2 Å². The predicted molar refractivity (Wildman–Crippen MR) is 88.0 cm³/mol. The molecule has 0 aliphatic carbocycles. The normalized spacial score (nSPS) is 27.3. The SMILES string of the molecule is CC1(C)C2CNCC2CN1c1ccnc2cc(Cl)ccc12. The zero-order valence-corrected chi connectivity index (χ0v) is 13.2. The summed E-state index contributed by atoms with van der Waals surface area (Å²) in [7, 11) is 0. The van der Waals surface area contributed by atoms with E-state index in [4.69, 9.17) is 11.6 Å². The number of pyridine rings is 1. The van der Waals surface area contributed by atoms with E-state index in [-0.39, 0.29) is 5.54 Å². The van der Waals surface area contributed by atoms with Gasteiger partial charge in [-0.2, -0.15) is 0 Å². The summed E-state index contributed by atoms with van der Waals surface area (Å²) in [6, 6.07) is 8.15. The van der Waals surface area contributed by atoms with Gasteiger partial charge in [-0.3, -0.25) is 4.98 Å². The molecule has 0 bridgehead atoms. The lowest BCUT2D eigenvalue weighted by Crippen LogP contribution is -2.44. The fourth-order valence-electron chi connectivity index (χ4n) is 4.17. The van der Waals surface area contributed by atoms with Crippen LogP contribution < -0.4 is 10.2 Å². The first-order chi connectivity index (χ1) is 10.1. The lowest BCUT2D eigenvalue weighted by atomic mass is 9.84. The second-order valence-electron chi connectivity index (χ2n) is 6.78. The lowest BCUT2D eigenvalue weighted by Gasteiger charge is -2.38. The van der Waals surface area contributed by atoms with Crippen molar-refractivity contribution in [2.75, 3.05) is 24.5 Å². The van der Waals surface area contributed by atoms with Crippen molar-refractivity contribution in [1.29, 1.82) is 0 Å². The fourth-order valence-corrected chi connectivity index (χ4v) is 4.34. The minimum absolute atomic E-state index is 0.169. The average Bonchev–Trinajstić information content (AvgIpc) is 3.00. The molecule has 3 heterocycles. The second-order valence-corrected chi connectivity index (χ2v) is 7.22. The molecule has 110 valence electrons. The van der Waals surface area contributed by atoms with Crippen LogP contribution in [0.1, 0.15) is 13.8 Å². The maximum Gasteiger partial charge on any atom is 0.0737 e. The molecule has 1 aromatic heterocycles. The average molecular weight is 302 g/mol. The number of aromatic nitrogens is 1. The number of hydrogen-bond donors (Lipinski definition) is 1. The third-order valence-electron chi connectivity index (χ3n) is 5.33. The summed E-state index contributed by atoms with van der Waals surface area (Å²) in [5.41, 5.74) is 2.43. The van der Waals surface area contributed by atoms with Crippen molar-refractivity contribution in [1.82, 2.24) is 10.3 Å². The Morgan fingerprint density at radius 1 is 1.29 bits per heavy atom. The molecule has 2 aliphatic rings. The van der Waals surface area contributed by atoms with Gasteiger partial charge < -0.3 is 10.2 Å².